The van der Waals surface area contributed by atoms with Crippen LogP contribution in [0.1, 0.15) is 27.8 Å². The molecule has 0 saturated carbocycles. The maximum Gasteiger partial charge on any atom is 0.255 e. The van der Waals surface area contributed by atoms with Crippen molar-refractivity contribution >= 4 is 18.3 Å². The van der Waals surface area contributed by atoms with Crippen molar-refractivity contribution in [3.8, 4) is 0 Å². The summed E-state index contributed by atoms with van der Waals surface area (Å²) in [7, 11) is 0. The SMILES string of the molecule is C=NCc1cccc(CN2CCc3ccn(Cc4ccc(Cl)cc4)c(=O)c3C2)c1. The molecule has 0 radical (unpaired) electrons. The zero-order chi connectivity index (χ0) is 20.2. The molecule has 29 heavy (non-hydrogen) atoms. The number of nitrogens with zero attached hydrogens (tertiary/aromatic N) is 3. The van der Waals surface area contributed by atoms with Gasteiger partial charge in [-0.1, -0.05) is 48.0 Å². The van der Waals surface area contributed by atoms with Gasteiger partial charge in [0.2, 0.25) is 0 Å². The number of aliphatic imine (C=N–C) groups is 1. The number of aromatic nitrogens is 1. The predicted octanol–water partition coefficient (Wildman–Crippen LogP) is 4.31. The van der Waals surface area contributed by atoms with Gasteiger partial charge in [0.05, 0.1) is 13.1 Å². The molecule has 0 bridgehead atoms. The minimum absolute atomic E-state index is 0.103. The molecule has 3 aromatic rings. The number of rotatable bonds is 6. The molecule has 5 heteroatoms. The molecule has 0 amide bonds. The first-order valence-corrected chi connectivity index (χ1v) is 10.2. The van der Waals surface area contributed by atoms with E-state index in [0.29, 0.717) is 24.7 Å². The molecule has 1 aliphatic heterocycles. The molecule has 1 aliphatic rings. The normalized spacial score (nSPS) is 13.8. The van der Waals surface area contributed by atoms with Gasteiger partial charge >= 0.3 is 0 Å². The number of benzene rings is 2. The van der Waals surface area contributed by atoms with Crippen LogP contribution >= 0.6 is 11.6 Å². The van der Waals surface area contributed by atoms with Gasteiger partial charge in [-0.05, 0) is 53.6 Å². The molecule has 0 spiro atoms. The largest absolute Gasteiger partial charge is 0.311 e. The van der Waals surface area contributed by atoms with Crippen molar-refractivity contribution in [2.45, 2.75) is 32.6 Å². The molecule has 0 saturated heterocycles. The van der Waals surface area contributed by atoms with Gasteiger partial charge in [-0.25, -0.2) is 0 Å². The highest BCUT2D eigenvalue weighted by molar-refractivity contribution is 6.30. The first-order valence-electron chi connectivity index (χ1n) is 9.80. The zero-order valence-corrected chi connectivity index (χ0v) is 17.1. The molecule has 2 aromatic carbocycles. The number of hydrogen-bond donors (Lipinski definition) is 0. The minimum Gasteiger partial charge on any atom is -0.311 e. The topological polar surface area (TPSA) is 37.6 Å². The highest BCUT2D eigenvalue weighted by atomic mass is 35.5. The maximum absolute atomic E-state index is 13.1. The van der Waals surface area contributed by atoms with Crippen LogP contribution in [0.15, 0.2) is 70.6 Å². The Labute approximate surface area is 176 Å². The molecule has 0 fully saturated rings. The summed E-state index contributed by atoms with van der Waals surface area (Å²) >= 11 is 5.97. The Bertz CT molecular complexity index is 1070. The van der Waals surface area contributed by atoms with E-state index in [1.807, 2.05) is 30.5 Å². The fraction of sp³-hybridized carbons (Fsp3) is 0.250. The molecular formula is C24H24ClN3O. The van der Waals surface area contributed by atoms with E-state index in [9.17, 15) is 4.79 Å². The van der Waals surface area contributed by atoms with E-state index in [-0.39, 0.29) is 5.56 Å². The quantitative estimate of drug-likeness (QED) is 0.573. The van der Waals surface area contributed by atoms with Crippen LogP contribution in [0.2, 0.25) is 5.02 Å². The summed E-state index contributed by atoms with van der Waals surface area (Å²) in [4.78, 5) is 19.4. The summed E-state index contributed by atoms with van der Waals surface area (Å²) in [6.45, 7) is 7.23. The fourth-order valence-electron chi connectivity index (χ4n) is 3.90. The predicted molar refractivity (Wildman–Crippen MR) is 119 cm³/mol. The molecule has 4 nitrogen and oxygen atoms in total. The Kier molecular flexibility index (Phi) is 5.93. The molecule has 0 N–H and O–H groups in total. The minimum atomic E-state index is 0.103. The lowest BCUT2D eigenvalue weighted by molar-refractivity contribution is 0.243. The van der Waals surface area contributed by atoms with Gasteiger partial charge in [-0.3, -0.25) is 14.7 Å². The number of pyridine rings is 1. The maximum atomic E-state index is 13.1. The van der Waals surface area contributed by atoms with E-state index in [0.717, 1.165) is 30.6 Å². The van der Waals surface area contributed by atoms with Crippen molar-refractivity contribution in [2.75, 3.05) is 6.54 Å². The second kappa shape index (κ2) is 8.76. The van der Waals surface area contributed by atoms with E-state index in [1.54, 1.807) is 4.57 Å². The zero-order valence-electron chi connectivity index (χ0n) is 16.4. The Morgan fingerprint density at radius 3 is 2.59 bits per heavy atom. The van der Waals surface area contributed by atoms with Crippen LogP contribution < -0.4 is 5.56 Å². The van der Waals surface area contributed by atoms with Crippen LogP contribution in [0.25, 0.3) is 0 Å². The molecule has 0 aliphatic carbocycles. The molecule has 148 valence electrons. The third kappa shape index (κ3) is 4.66. The van der Waals surface area contributed by atoms with E-state index in [2.05, 4.69) is 46.9 Å². The Hall–Kier alpha value is -2.69. The van der Waals surface area contributed by atoms with Crippen molar-refractivity contribution in [3.05, 3.63) is 104 Å². The third-order valence-corrected chi connectivity index (χ3v) is 5.65. The smallest absolute Gasteiger partial charge is 0.255 e. The summed E-state index contributed by atoms with van der Waals surface area (Å²) in [5.74, 6) is 0. The Morgan fingerprint density at radius 2 is 1.79 bits per heavy atom. The highest BCUT2D eigenvalue weighted by Gasteiger charge is 2.20. The molecular weight excluding hydrogens is 382 g/mol. The molecule has 4 rings (SSSR count). The third-order valence-electron chi connectivity index (χ3n) is 5.40. The van der Waals surface area contributed by atoms with Crippen LogP contribution in [0.3, 0.4) is 0 Å². The lowest BCUT2D eigenvalue weighted by Crippen LogP contribution is -2.36. The molecule has 0 atom stereocenters. The molecule has 0 unspecified atom stereocenters. The van der Waals surface area contributed by atoms with Crippen LogP contribution in [-0.2, 0) is 32.6 Å². The van der Waals surface area contributed by atoms with Gasteiger partial charge in [0.1, 0.15) is 0 Å². The van der Waals surface area contributed by atoms with Crippen molar-refractivity contribution in [1.82, 2.24) is 9.47 Å². The lowest BCUT2D eigenvalue weighted by atomic mass is 10.0. The monoisotopic (exact) mass is 405 g/mol. The van der Waals surface area contributed by atoms with Crippen molar-refractivity contribution < 1.29 is 0 Å². The average Bonchev–Trinajstić information content (AvgIpc) is 2.73. The number of halogens is 1. The highest BCUT2D eigenvalue weighted by Crippen LogP contribution is 2.19. The van der Waals surface area contributed by atoms with Crippen LogP contribution in [0.4, 0.5) is 0 Å². The van der Waals surface area contributed by atoms with Gasteiger partial charge in [-0.15, -0.1) is 0 Å². The summed E-state index contributed by atoms with van der Waals surface area (Å²) in [6, 6.07) is 18.2. The van der Waals surface area contributed by atoms with Gasteiger partial charge in [0.25, 0.3) is 5.56 Å². The van der Waals surface area contributed by atoms with E-state index >= 15 is 0 Å². The van der Waals surface area contributed by atoms with Crippen molar-refractivity contribution in [2.24, 2.45) is 4.99 Å². The van der Waals surface area contributed by atoms with Crippen LogP contribution in [-0.4, -0.2) is 22.7 Å². The summed E-state index contributed by atoms with van der Waals surface area (Å²) < 4.78 is 1.79. The van der Waals surface area contributed by atoms with Crippen LogP contribution in [0, 0.1) is 0 Å². The summed E-state index contributed by atoms with van der Waals surface area (Å²) in [6.07, 6.45) is 2.82. The fourth-order valence-corrected chi connectivity index (χ4v) is 4.03. The average molecular weight is 406 g/mol. The van der Waals surface area contributed by atoms with E-state index < -0.39 is 0 Å². The summed E-state index contributed by atoms with van der Waals surface area (Å²) in [5, 5.41) is 0.704. The standard InChI is InChI=1S/C24H24ClN3O/c1-26-14-19-3-2-4-20(13-19)15-27-11-9-21-10-12-28(24(29)23(21)17-27)16-18-5-7-22(25)8-6-18/h2-8,10,12-13H,1,9,11,14-17H2. The van der Waals surface area contributed by atoms with Gasteiger partial charge in [0.15, 0.2) is 0 Å². The summed E-state index contributed by atoms with van der Waals surface area (Å²) in [5.41, 5.74) is 5.66. The van der Waals surface area contributed by atoms with Crippen molar-refractivity contribution in [1.29, 1.82) is 0 Å². The molecule has 2 heterocycles. The van der Waals surface area contributed by atoms with E-state index in [4.69, 9.17) is 11.6 Å². The lowest BCUT2D eigenvalue weighted by Gasteiger charge is -2.29. The second-order valence-corrected chi connectivity index (χ2v) is 7.98. The Balaban J connectivity index is 1.52. The molecule has 1 aromatic heterocycles. The van der Waals surface area contributed by atoms with Gasteiger partial charge < -0.3 is 4.57 Å². The van der Waals surface area contributed by atoms with Gasteiger partial charge in [-0.2, -0.15) is 0 Å². The Morgan fingerprint density at radius 1 is 1.00 bits per heavy atom. The van der Waals surface area contributed by atoms with Crippen LogP contribution in [0.5, 0.6) is 0 Å². The first-order chi connectivity index (χ1) is 14.1. The number of fused-ring (bicyclic) bond motifs is 1. The van der Waals surface area contributed by atoms with E-state index in [1.165, 1.54) is 16.7 Å². The van der Waals surface area contributed by atoms with Gasteiger partial charge in [0, 0.05) is 36.4 Å². The second-order valence-electron chi connectivity index (χ2n) is 7.54. The number of hydrogen-bond acceptors (Lipinski definition) is 3. The first kappa shape index (κ1) is 19.6. The van der Waals surface area contributed by atoms with Crippen molar-refractivity contribution in [3.63, 3.8) is 0 Å².